The quantitative estimate of drug-likeness (QED) is 0.904. The Morgan fingerprint density at radius 2 is 2.10 bits per heavy atom. The molecule has 20 heavy (non-hydrogen) atoms. The Morgan fingerprint density at radius 3 is 2.90 bits per heavy atom. The highest BCUT2D eigenvalue weighted by molar-refractivity contribution is 7.15. The van der Waals surface area contributed by atoms with Crippen molar-refractivity contribution in [3.63, 3.8) is 0 Å². The third-order valence-electron chi connectivity index (χ3n) is 3.19. The van der Waals surface area contributed by atoms with Gasteiger partial charge in [-0.25, -0.2) is 9.97 Å². The van der Waals surface area contributed by atoms with E-state index in [-0.39, 0.29) is 11.6 Å². The van der Waals surface area contributed by atoms with Gasteiger partial charge in [0.05, 0.1) is 18.1 Å². The van der Waals surface area contributed by atoms with Crippen LogP contribution in [0.2, 0.25) is 0 Å². The zero-order valence-corrected chi connectivity index (χ0v) is 12.0. The summed E-state index contributed by atoms with van der Waals surface area (Å²) in [5, 5.41) is 6.32. The summed E-state index contributed by atoms with van der Waals surface area (Å²) >= 11 is 1.56. The first kappa shape index (κ1) is 13.0. The van der Waals surface area contributed by atoms with Gasteiger partial charge in [-0.15, -0.1) is 11.3 Å². The van der Waals surface area contributed by atoms with E-state index in [4.69, 9.17) is 0 Å². The summed E-state index contributed by atoms with van der Waals surface area (Å²) < 4.78 is 0. The van der Waals surface area contributed by atoms with Crippen LogP contribution >= 0.6 is 11.3 Å². The third-order valence-corrected chi connectivity index (χ3v) is 4.26. The lowest BCUT2D eigenvalue weighted by Crippen LogP contribution is -2.14. The fraction of sp³-hybridized carbons (Fsp3) is 0.385. The number of hydrogen-bond donors (Lipinski definition) is 2. The van der Waals surface area contributed by atoms with Crippen molar-refractivity contribution < 1.29 is 4.79 Å². The fourth-order valence-corrected chi connectivity index (χ4v) is 3.21. The van der Waals surface area contributed by atoms with E-state index in [1.54, 1.807) is 24.6 Å². The number of hydrogen-bond acceptors (Lipinski definition) is 6. The predicted octanol–water partition coefficient (Wildman–Crippen LogP) is 2.11. The zero-order valence-electron chi connectivity index (χ0n) is 11.1. The lowest BCUT2D eigenvalue weighted by Gasteiger charge is -2.06. The van der Waals surface area contributed by atoms with Crippen molar-refractivity contribution in [2.75, 3.05) is 17.7 Å². The third kappa shape index (κ3) is 2.62. The molecule has 0 saturated heterocycles. The Bertz CT molecular complexity index is 616. The van der Waals surface area contributed by atoms with E-state index in [1.807, 2.05) is 0 Å². The van der Waals surface area contributed by atoms with Crippen molar-refractivity contribution in [3.8, 4) is 0 Å². The number of fused-ring (bicyclic) bond motifs is 1. The average Bonchev–Trinajstić information content (AvgIpc) is 2.89. The van der Waals surface area contributed by atoms with Gasteiger partial charge >= 0.3 is 0 Å². The van der Waals surface area contributed by atoms with Crippen LogP contribution in [0.25, 0.3) is 0 Å². The van der Waals surface area contributed by atoms with Gasteiger partial charge in [-0.1, -0.05) is 0 Å². The van der Waals surface area contributed by atoms with Crippen LogP contribution in [-0.2, 0) is 12.8 Å². The van der Waals surface area contributed by atoms with Crippen molar-refractivity contribution in [2.24, 2.45) is 0 Å². The SMILES string of the molecule is CNc1cncc(C(=O)Nc2nc3c(s2)CCCC3)n1. The monoisotopic (exact) mass is 289 g/mol. The largest absolute Gasteiger partial charge is 0.372 e. The van der Waals surface area contributed by atoms with E-state index in [0.29, 0.717) is 10.9 Å². The number of nitrogens with zero attached hydrogens (tertiary/aromatic N) is 3. The van der Waals surface area contributed by atoms with Gasteiger partial charge in [-0.3, -0.25) is 15.1 Å². The van der Waals surface area contributed by atoms with Crippen LogP contribution in [0, 0.1) is 0 Å². The van der Waals surface area contributed by atoms with Crippen molar-refractivity contribution in [1.82, 2.24) is 15.0 Å². The van der Waals surface area contributed by atoms with Gasteiger partial charge < -0.3 is 5.32 Å². The van der Waals surface area contributed by atoms with Crippen LogP contribution in [0.5, 0.6) is 0 Å². The summed E-state index contributed by atoms with van der Waals surface area (Å²) in [6.45, 7) is 0. The number of aryl methyl sites for hydroxylation is 2. The summed E-state index contributed by atoms with van der Waals surface area (Å²) in [5.41, 5.74) is 1.41. The van der Waals surface area contributed by atoms with Gasteiger partial charge in [-0.2, -0.15) is 0 Å². The van der Waals surface area contributed by atoms with E-state index in [2.05, 4.69) is 25.6 Å². The second kappa shape index (κ2) is 5.54. The molecule has 0 atom stereocenters. The lowest BCUT2D eigenvalue weighted by atomic mass is 10.0. The summed E-state index contributed by atoms with van der Waals surface area (Å²) in [5.74, 6) is 0.289. The van der Waals surface area contributed by atoms with E-state index in [0.717, 1.165) is 18.5 Å². The Balaban J connectivity index is 1.76. The van der Waals surface area contributed by atoms with Crippen LogP contribution in [0.15, 0.2) is 12.4 Å². The molecule has 0 radical (unpaired) electrons. The van der Waals surface area contributed by atoms with Crippen molar-refractivity contribution in [2.45, 2.75) is 25.7 Å². The average molecular weight is 289 g/mol. The molecule has 6 nitrogen and oxygen atoms in total. The minimum absolute atomic E-state index is 0.277. The first-order valence-electron chi connectivity index (χ1n) is 6.56. The minimum Gasteiger partial charge on any atom is -0.372 e. The standard InChI is InChI=1S/C13H15N5OS/c1-14-11-7-15-6-9(16-11)12(19)18-13-17-8-4-2-3-5-10(8)20-13/h6-7H,2-5H2,1H3,(H,14,16)(H,17,18,19). The maximum Gasteiger partial charge on any atom is 0.277 e. The predicted molar refractivity (Wildman–Crippen MR) is 78.3 cm³/mol. The number of carbonyl (C=O) groups excluding carboxylic acids is 1. The Kier molecular flexibility index (Phi) is 3.60. The molecule has 0 unspecified atom stereocenters. The highest BCUT2D eigenvalue weighted by atomic mass is 32.1. The van der Waals surface area contributed by atoms with Crippen LogP contribution in [0.4, 0.5) is 10.9 Å². The van der Waals surface area contributed by atoms with E-state index in [9.17, 15) is 4.79 Å². The molecule has 0 bridgehead atoms. The van der Waals surface area contributed by atoms with Gasteiger partial charge in [0.15, 0.2) is 5.13 Å². The molecule has 2 heterocycles. The fourth-order valence-electron chi connectivity index (χ4n) is 2.16. The van der Waals surface area contributed by atoms with E-state index in [1.165, 1.54) is 23.9 Å². The van der Waals surface area contributed by atoms with Crippen molar-refractivity contribution in [1.29, 1.82) is 0 Å². The molecular formula is C13H15N5OS. The van der Waals surface area contributed by atoms with Crippen LogP contribution < -0.4 is 10.6 Å². The Morgan fingerprint density at radius 1 is 1.25 bits per heavy atom. The molecule has 0 spiro atoms. The molecule has 0 saturated carbocycles. The molecule has 2 N–H and O–H groups in total. The van der Waals surface area contributed by atoms with Gasteiger partial charge in [0.2, 0.25) is 0 Å². The molecule has 1 amide bonds. The zero-order chi connectivity index (χ0) is 13.9. The number of anilines is 2. The second-order valence-corrected chi connectivity index (χ2v) is 5.67. The molecule has 104 valence electrons. The van der Waals surface area contributed by atoms with E-state index >= 15 is 0 Å². The first-order valence-corrected chi connectivity index (χ1v) is 7.37. The number of nitrogens with one attached hydrogen (secondary N) is 2. The van der Waals surface area contributed by atoms with Crippen LogP contribution in [-0.4, -0.2) is 27.9 Å². The van der Waals surface area contributed by atoms with Crippen molar-refractivity contribution >= 4 is 28.2 Å². The molecule has 2 aromatic heterocycles. The van der Waals surface area contributed by atoms with Crippen molar-refractivity contribution in [3.05, 3.63) is 28.7 Å². The van der Waals surface area contributed by atoms with E-state index < -0.39 is 0 Å². The van der Waals surface area contributed by atoms with Crippen LogP contribution in [0.1, 0.15) is 33.9 Å². The minimum atomic E-state index is -0.277. The summed E-state index contributed by atoms with van der Waals surface area (Å²) in [4.78, 5) is 26.0. The maximum absolute atomic E-state index is 12.1. The normalized spacial score (nSPS) is 13.7. The molecule has 1 aliphatic rings. The summed E-state index contributed by atoms with van der Waals surface area (Å²) in [6, 6.07) is 0. The number of thiazole rings is 1. The van der Waals surface area contributed by atoms with Gasteiger partial charge in [0, 0.05) is 11.9 Å². The van der Waals surface area contributed by atoms with Crippen LogP contribution in [0.3, 0.4) is 0 Å². The number of rotatable bonds is 3. The highest BCUT2D eigenvalue weighted by Gasteiger charge is 2.17. The molecule has 3 rings (SSSR count). The number of amides is 1. The number of carbonyl (C=O) groups is 1. The first-order chi connectivity index (χ1) is 9.76. The smallest absolute Gasteiger partial charge is 0.277 e. The summed E-state index contributed by atoms with van der Waals surface area (Å²) in [7, 11) is 1.74. The highest BCUT2D eigenvalue weighted by Crippen LogP contribution is 2.29. The molecule has 0 fully saturated rings. The number of aromatic nitrogens is 3. The topological polar surface area (TPSA) is 79.8 Å². The Labute approximate surface area is 120 Å². The lowest BCUT2D eigenvalue weighted by molar-refractivity contribution is 0.102. The molecular weight excluding hydrogens is 274 g/mol. The van der Waals surface area contributed by atoms with Gasteiger partial charge in [0.25, 0.3) is 5.91 Å². The molecule has 2 aromatic rings. The molecule has 0 aliphatic heterocycles. The molecule has 0 aromatic carbocycles. The second-order valence-electron chi connectivity index (χ2n) is 4.59. The van der Waals surface area contributed by atoms with Gasteiger partial charge in [-0.05, 0) is 25.7 Å². The summed E-state index contributed by atoms with van der Waals surface area (Å²) in [6.07, 6.45) is 7.48. The Hall–Kier alpha value is -2.02. The molecule has 1 aliphatic carbocycles. The maximum atomic E-state index is 12.1. The van der Waals surface area contributed by atoms with Gasteiger partial charge in [0.1, 0.15) is 11.5 Å². The molecule has 7 heteroatoms.